The Labute approximate surface area is 254 Å². The average molecular weight is 609 g/mol. The number of fused-ring (bicyclic) bond motifs is 3. The maximum atomic E-state index is 14.0. The Kier molecular flexibility index (Phi) is 6.83. The number of carbonyl (C=O) groups is 3. The lowest BCUT2D eigenvalue weighted by Gasteiger charge is -2.30. The molecule has 3 aromatic carbocycles. The summed E-state index contributed by atoms with van der Waals surface area (Å²) in [6, 6.07) is 23.7. The van der Waals surface area contributed by atoms with E-state index in [-0.39, 0.29) is 29.1 Å². The van der Waals surface area contributed by atoms with Crippen LogP contribution in [0.15, 0.2) is 101 Å². The minimum Gasteiger partial charge on any atom is -0.497 e. The number of amides is 3. The number of methoxy groups -OCH3 is 1. The summed E-state index contributed by atoms with van der Waals surface area (Å²) < 4.78 is 6.65. The van der Waals surface area contributed by atoms with E-state index in [4.69, 9.17) is 4.74 Å². The summed E-state index contributed by atoms with van der Waals surface area (Å²) in [4.78, 5) is 60.4. The summed E-state index contributed by atoms with van der Waals surface area (Å²) in [7, 11) is 1.55. The van der Waals surface area contributed by atoms with Gasteiger partial charge in [0.15, 0.2) is 0 Å². The molecule has 3 amide bonds. The van der Waals surface area contributed by atoms with Crippen LogP contribution in [0.2, 0.25) is 0 Å². The summed E-state index contributed by atoms with van der Waals surface area (Å²) in [6.07, 6.45) is 3.30. The predicted octanol–water partition coefficient (Wildman–Crippen LogP) is 4.90. The number of aromatic nitrogens is 2. The van der Waals surface area contributed by atoms with Crippen LogP contribution >= 0.6 is 23.1 Å². The quantitative estimate of drug-likeness (QED) is 0.273. The number of imide groups is 1. The Hall–Kier alpha value is -4.74. The zero-order chi connectivity index (χ0) is 29.7. The van der Waals surface area contributed by atoms with Gasteiger partial charge in [-0.25, -0.2) is 4.90 Å². The number of hydrogen-bond acceptors (Lipinski definition) is 8. The zero-order valence-electron chi connectivity index (χ0n) is 22.8. The summed E-state index contributed by atoms with van der Waals surface area (Å²) in [5.41, 5.74) is 1.82. The van der Waals surface area contributed by atoms with Crippen molar-refractivity contribution in [3.05, 3.63) is 111 Å². The second-order valence-electron chi connectivity index (χ2n) is 10.2. The number of nitrogens with one attached hydrogen (secondary N) is 1. The van der Waals surface area contributed by atoms with E-state index in [2.05, 4.69) is 10.3 Å². The smallest absolute Gasteiger partial charge is 0.308 e. The first-order valence-corrected chi connectivity index (χ1v) is 15.2. The minimum absolute atomic E-state index is 0.234. The average Bonchev–Trinajstić information content (AvgIpc) is 3.47. The normalized spacial score (nSPS) is 19.3. The summed E-state index contributed by atoms with van der Waals surface area (Å²) in [5, 5.41) is 4.56. The Morgan fingerprint density at radius 1 is 0.953 bits per heavy atom. The van der Waals surface area contributed by atoms with Crippen molar-refractivity contribution < 1.29 is 19.1 Å². The first-order chi connectivity index (χ1) is 20.9. The van der Waals surface area contributed by atoms with Gasteiger partial charge in [0.2, 0.25) is 17.7 Å². The van der Waals surface area contributed by atoms with Crippen LogP contribution in [0.3, 0.4) is 0 Å². The highest BCUT2D eigenvalue weighted by Gasteiger charge is 2.56. The molecule has 0 radical (unpaired) electrons. The fourth-order valence-electron chi connectivity index (χ4n) is 5.83. The molecule has 2 aliphatic rings. The number of thiazole rings is 1. The molecule has 2 aromatic heterocycles. The summed E-state index contributed by atoms with van der Waals surface area (Å²) in [6.45, 7) is -0.234. The van der Waals surface area contributed by atoms with E-state index in [1.165, 1.54) is 21.2 Å². The third-order valence-corrected chi connectivity index (χ3v) is 10.4. The first-order valence-electron chi connectivity index (χ1n) is 13.5. The van der Waals surface area contributed by atoms with E-state index >= 15 is 0 Å². The van der Waals surface area contributed by atoms with Gasteiger partial charge in [-0.2, -0.15) is 0 Å². The van der Waals surface area contributed by atoms with Crippen LogP contribution in [-0.2, 0) is 20.9 Å². The summed E-state index contributed by atoms with van der Waals surface area (Å²) >= 11 is 2.18. The van der Waals surface area contributed by atoms with Crippen molar-refractivity contribution in [1.29, 1.82) is 0 Å². The lowest BCUT2D eigenvalue weighted by molar-refractivity contribution is -0.122. The second-order valence-corrected chi connectivity index (χ2v) is 12.4. The molecule has 9 nitrogen and oxygen atoms in total. The number of hydrogen-bond donors (Lipinski definition) is 1. The number of rotatable bonds is 6. The number of benzene rings is 3. The van der Waals surface area contributed by atoms with Gasteiger partial charge in [0.05, 0.1) is 23.7 Å². The number of anilines is 2. The van der Waals surface area contributed by atoms with Crippen molar-refractivity contribution in [3.8, 4) is 5.75 Å². The number of nitrogens with zero attached hydrogens (tertiary/aromatic N) is 3. The monoisotopic (exact) mass is 608 g/mol. The van der Waals surface area contributed by atoms with Gasteiger partial charge in [-0.05, 0) is 47.3 Å². The van der Waals surface area contributed by atoms with E-state index in [1.54, 1.807) is 49.8 Å². The van der Waals surface area contributed by atoms with Gasteiger partial charge in [-0.3, -0.25) is 28.7 Å². The van der Waals surface area contributed by atoms with Crippen molar-refractivity contribution in [1.82, 2.24) is 9.55 Å². The topological polar surface area (TPSA) is 111 Å². The zero-order valence-corrected chi connectivity index (χ0v) is 24.4. The molecular formula is C32H24N4O5S2. The molecule has 0 bridgehead atoms. The largest absolute Gasteiger partial charge is 0.497 e. The van der Waals surface area contributed by atoms with Gasteiger partial charge in [0.1, 0.15) is 17.5 Å². The minimum atomic E-state index is -0.784. The molecule has 7 rings (SSSR count). The molecule has 0 unspecified atom stereocenters. The molecular weight excluding hydrogens is 585 g/mol. The van der Waals surface area contributed by atoms with E-state index in [0.717, 1.165) is 27.7 Å². The van der Waals surface area contributed by atoms with Crippen molar-refractivity contribution in [2.24, 2.45) is 5.92 Å². The lowest BCUT2D eigenvalue weighted by atomic mass is 9.84. The van der Waals surface area contributed by atoms with Gasteiger partial charge in [0.25, 0.3) is 0 Å². The first kappa shape index (κ1) is 27.1. The van der Waals surface area contributed by atoms with Crippen molar-refractivity contribution in [3.63, 3.8) is 0 Å². The van der Waals surface area contributed by atoms with Crippen LogP contribution in [0.4, 0.5) is 11.4 Å². The molecule has 2 aliphatic heterocycles. The van der Waals surface area contributed by atoms with Crippen molar-refractivity contribution in [2.75, 3.05) is 17.3 Å². The third-order valence-electron chi connectivity index (χ3n) is 7.79. The van der Waals surface area contributed by atoms with E-state index in [1.807, 2.05) is 48.5 Å². The third kappa shape index (κ3) is 4.61. The van der Waals surface area contributed by atoms with E-state index < -0.39 is 17.1 Å². The molecule has 0 aliphatic carbocycles. The van der Waals surface area contributed by atoms with Gasteiger partial charge in [0, 0.05) is 34.3 Å². The highest BCUT2D eigenvalue weighted by Crippen LogP contribution is 2.53. The highest BCUT2D eigenvalue weighted by molar-refractivity contribution is 8.00. The fourth-order valence-corrected chi connectivity index (χ4v) is 8.60. The molecule has 11 heteroatoms. The van der Waals surface area contributed by atoms with E-state index in [0.29, 0.717) is 27.0 Å². The number of thioether (sulfide) groups is 1. The molecule has 3 atom stereocenters. The molecule has 43 heavy (non-hydrogen) atoms. The SMILES string of the molecule is COc1ccc(N2C(=O)[C@H]3[C@H](c4cccnc4)c4sc(=O)n(CC(=O)Nc5cccc6ccccc56)c4S[C@H]3C2=O)cc1. The maximum absolute atomic E-state index is 14.0. The molecule has 1 N–H and O–H groups in total. The van der Waals surface area contributed by atoms with Crippen LogP contribution < -0.4 is 19.8 Å². The number of ether oxygens (including phenoxy) is 1. The Bertz CT molecular complexity index is 1950. The van der Waals surface area contributed by atoms with Crippen molar-refractivity contribution in [2.45, 2.75) is 22.7 Å². The van der Waals surface area contributed by atoms with Gasteiger partial charge in [-0.1, -0.05) is 65.6 Å². The Morgan fingerprint density at radius 3 is 2.51 bits per heavy atom. The molecule has 5 aromatic rings. The number of carbonyl (C=O) groups excluding carboxylic acids is 3. The molecule has 0 spiro atoms. The molecule has 214 valence electrons. The Morgan fingerprint density at radius 2 is 1.74 bits per heavy atom. The molecule has 1 fully saturated rings. The van der Waals surface area contributed by atoms with E-state index in [9.17, 15) is 19.2 Å². The lowest BCUT2D eigenvalue weighted by Crippen LogP contribution is -2.33. The Balaban J connectivity index is 1.26. The second kappa shape index (κ2) is 10.8. The van der Waals surface area contributed by atoms with Crippen molar-refractivity contribution >= 4 is 63.0 Å². The molecule has 4 heterocycles. The standard InChI is InChI=1S/C32H24N4O5S2/c1-41-21-13-11-20(12-14-21)36-29(38)26-25(19-8-5-15-33-16-19)28-31(42-27(26)30(36)39)35(32(40)43-28)17-24(37)34-23-10-4-7-18-6-2-3-9-22(18)23/h2-16,25-27H,17H2,1H3,(H,34,37)/t25-,26-,27+/m0/s1. The van der Waals surface area contributed by atoms with Gasteiger partial charge < -0.3 is 10.1 Å². The maximum Gasteiger partial charge on any atom is 0.308 e. The van der Waals surface area contributed by atoms with Crippen LogP contribution in [0.25, 0.3) is 10.8 Å². The summed E-state index contributed by atoms with van der Waals surface area (Å²) in [5.74, 6) is -1.78. The van der Waals surface area contributed by atoms with Crippen LogP contribution in [0.1, 0.15) is 16.4 Å². The molecule has 0 saturated carbocycles. The van der Waals surface area contributed by atoms with Crippen LogP contribution in [0, 0.1) is 5.92 Å². The highest BCUT2D eigenvalue weighted by atomic mass is 32.2. The van der Waals surface area contributed by atoms with Crippen LogP contribution in [-0.4, -0.2) is 39.6 Å². The van der Waals surface area contributed by atoms with Crippen LogP contribution in [0.5, 0.6) is 5.75 Å². The number of pyridine rings is 1. The van der Waals surface area contributed by atoms with Gasteiger partial charge >= 0.3 is 4.87 Å². The predicted molar refractivity (Wildman–Crippen MR) is 166 cm³/mol. The van der Waals surface area contributed by atoms with Gasteiger partial charge in [-0.15, -0.1) is 0 Å². The molecule has 1 saturated heterocycles. The fraction of sp³-hybridized carbons (Fsp3) is 0.156.